The second kappa shape index (κ2) is 7.13. The molecule has 0 unspecified atom stereocenters. The van der Waals surface area contributed by atoms with E-state index in [1.807, 2.05) is 0 Å². The van der Waals surface area contributed by atoms with E-state index in [1.165, 1.54) is 51.4 Å². The molecule has 0 radical (unpaired) electrons. The van der Waals surface area contributed by atoms with E-state index in [4.69, 9.17) is 0 Å². The maximum atomic E-state index is 12.2. The molecule has 0 aromatic carbocycles. The summed E-state index contributed by atoms with van der Waals surface area (Å²) in [4.78, 5) is 12.2. The van der Waals surface area contributed by atoms with Gasteiger partial charge in [-0.1, -0.05) is 32.1 Å². The molecule has 1 saturated carbocycles. The molecule has 1 amide bonds. The highest BCUT2D eigenvalue weighted by molar-refractivity contribution is 5.82. The minimum atomic E-state index is 0.0620. The maximum absolute atomic E-state index is 12.2. The third-order valence-electron chi connectivity index (χ3n) is 4.60. The Morgan fingerprint density at radius 2 is 1.72 bits per heavy atom. The fraction of sp³-hybridized carbons (Fsp3) is 0.933. The van der Waals surface area contributed by atoms with Crippen LogP contribution in [0.5, 0.6) is 0 Å². The van der Waals surface area contributed by atoms with Crippen LogP contribution in [-0.4, -0.2) is 24.5 Å². The first-order chi connectivity index (χ1) is 8.77. The van der Waals surface area contributed by atoms with Gasteiger partial charge >= 0.3 is 0 Å². The lowest BCUT2D eigenvalue weighted by molar-refractivity contribution is -0.124. The molecular formula is C15H28N2O. The van der Waals surface area contributed by atoms with Gasteiger partial charge in [0.15, 0.2) is 0 Å². The normalized spacial score (nSPS) is 28.4. The Morgan fingerprint density at radius 1 is 1.06 bits per heavy atom. The Labute approximate surface area is 111 Å². The van der Waals surface area contributed by atoms with Crippen molar-refractivity contribution in [2.75, 3.05) is 6.54 Å². The van der Waals surface area contributed by atoms with Crippen molar-refractivity contribution in [2.45, 2.75) is 76.8 Å². The van der Waals surface area contributed by atoms with Crippen molar-refractivity contribution in [1.29, 1.82) is 0 Å². The average molecular weight is 252 g/mol. The number of hydrogen-bond donors (Lipinski definition) is 2. The van der Waals surface area contributed by atoms with Gasteiger partial charge in [0, 0.05) is 6.04 Å². The molecule has 0 bridgehead atoms. The maximum Gasteiger partial charge on any atom is 0.237 e. The fourth-order valence-corrected chi connectivity index (χ4v) is 3.33. The predicted molar refractivity (Wildman–Crippen MR) is 74.4 cm³/mol. The van der Waals surface area contributed by atoms with Crippen LogP contribution in [0.15, 0.2) is 0 Å². The van der Waals surface area contributed by atoms with E-state index in [0.717, 1.165) is 13.0 Å². The summed E-state index contributed by atoms with van der Waals surface area (Å²) in [6, 6.07) is 0.409. The topological polar surface area (TPSA) is 41.1 Å². The molecule has 3 heteroatoms. The molecule has 1 aliphatic carbocycles. The van der Waals surface area contributed by atoms with E-state index in [-0.39, 0.29) is 11.9 Å². The summed E-state index contributed by atoms with van der Waals surface area (Å²) in [5.41, 5.74) is 0. The Hall–Kier alpha value is -0.570. The third kappa shape index (κ3) is 3.98. The molecular weight excluding hydrogens is 224 g/mol. The number of carbonyl (C=O) groups is 1. The van der Waals surface area contributed by atoms with Gasteiger partial charge in [0.2, 0.25) is 5.91 Å². The average Bonchev–Trinajstić information content (AvgIpc) is 2.68. The molecule has 2 N–H and O–H groups in total. The van der Waals surface area contributed by atoms with Crippen LogP contribution in [0.3, 0.4) is 0 Å². The second-order valence-electron chi connectivity index (χ2n) is 6.05. The minimum Gasteiger partial charge on any atom is -0.352 e. The van der Waals surface area contributed by atoms with Crippen LogP contribution >= 0.6 is 0 Å². The third-order valence-corrected chi connectivity index (χ3v) is 4.60. The largest absolute Gasteiger partial charge is 0.352 e. The SMILES string of the molecule is C[C@@H](NC(=O)[C@@H]1CCCCN1)C1CCCCCC1. The van der Waals surface area contributed by atoms with Gasteiger partial charge in [-0.05, 0) is 45.1 Å². The minimum absolute atomic E-state index is 0.0620. The van der Waals surface area contributed by atoms with Gasteiger partial charge in [0.05, 0.1) is 6.04 Å². The van der Waals surface area contributed by atoms with Crippen molar-refractivity contribution >= 4 is 5.91 Å². The van der Waals surface area contributed by atoms with Crippen LogP contribution in [0.25, 0.3) is 0 Å². The Morgan fingerprint density at radius 3 is 2.33 bits per heavy atom. The lowest BCUT2D eigenvalue weighted by Crippen LogP contribution is -2.50. The van der Waals surface area contributed by atoms with Crippen LogP contribution in [0.4, 0.5) is 0 Å². The van der Waals surface area contributed by atoms with Crippen molar-refractivity contribution in [3.63, 3.8) is 0 Å². The van der Waals surface area contributed by atoms with Gasteiger partial charge in [-0.3, -0.25) is 4.79 Å². The van der Waals surface area contributed by atoms with Crippen LogP contribution in [0, 0.1) is 5.92 Å². The van der Waals surface area contributed by atoms with Crippen LogP contribution in [0.2, 0.25) is 0 Å². The molecule has 18 heavy (non-hydrogen) atoms. The van der Waals surface area contributed by atoms with Crippen molar-refractivity contribution in [3.05, 3.63) is 0 Å². The first-order valence-electron chi connectivity index (χ1n) is 7.81. The quantitative estimate of drug-likeness (QED) is 0.758. The molecule has 1 saturated heterocycles. The number of carbonyl (C=O) groups excluding carboxylic acids is 1. The zero-order valence-corrected chi connectivity index (χ0v) is 11.7. The molecule has 2 atom stereocenters. The van der Waals surface area contributed by atoms with E-state index in [0.29, 0.717) is 12.0 Å². The van der Waals surface area contributed by atoms with Gasteiger partial charge in [0.25, 0.3) is 0 Å². The van der Waals surface area contributed by atoms with Gasteiger partial charge in [-0.2, -0.15) is 0 Å². The molecule has 2 rings (SSSR count). The zero-order chi connectivity index (χ0) is 12.8. The molecule has 1 heterocycles. The van der Waals surface area contributed by atoms with Gasteiger partial charge in [0.1, 0.15) is 0 Å². The summed E-state index contributed by atoms with van der Waals surface area (Å²) in [5.74, 6) is 0.923. The van der Waals surface area contributed by atoms with Gasteiger partial charge in [-0.15, -0.1) is 0 Å². The standard InChI is InChI=1S/C15H28N2O/c1-12(13-8-4-2-3-5-9-13)17-15(18)14-10-6-7-11-16-14/h12-14,16H,2-11H2,1H3,(H,17,18)/t12-,14+/m1/s1. The Bertz CT molecular complexity index is 253. The predicted octanol–water partition coefficient (Wildman–Crippen LogP) is 2.60. The van der Waals surface area contributed by atoms with Crippen molar-refractivity contribution in [1.82, 2.24) is 10.6 Å². The molecule has 0 spiro atoms. The summed E-state index contributed by atoms with van der Waals surface area (Å²) >= 11 is 0. The number of piperidine rings is 1. The lowest BCUT2D eigenvalue weighted by Gasteiger charge is -2.28. The monoisotopic (exact) mass is 252 g/mol. The highest BCUT2D eigenvalue weighted by atomic mass is 16.2. The molecule has 1 aliphatic heterocycles. The molecule has 2 fully saturated rings. The number of hydrogen-bond acceptors (Lipinski definition) is 2. The van der Waals surface area contributed by atoms with E-state index in [1.54, 1.807) is 0 Å². The number of amides is 1. The van der Waals surface area contributed by atoms with Crippen LogP contribution in [-0.2, 0) is 4.79 Å². The van der Waals surface area contributed by atoms with Gasteiger partial charge < -0.3 is 10.6 Å². The van der Waals surface area contributed by atoms with Gasteiger partial charge in [-0.25, -0.2) is 0 Å². The summed E-state index contributed by atoms with van der Waals surface area (Å²) in [5, 5.41) is 6.57. The molecule has 0 aromatic heterocycles. The molecule has 3 nitrogen and oxygen atoms in total. The van der Waals surface area contributed by atoms with E-state index >= 15 is 0 Å². The van der Waals surface area contributed by atoms with Crippen LogP contribution in [0.1, 0.15) is 64.7 Å². The zero-order valence-electron chi connectivity index (χ0n) is 11.7. The van der Waals surface area contributed by atoms with Crippen LogP contribution < -0.4 is 10.6 Å². The number of rotatable bonds is 3. The fourth-order valence-electron chi connectivity index (χ4n) is 3.33. The molecule has 2 aliphatic rings. The molecule has 0 aromatic rings. The summed E-state index contributed by atoms with van der Waals surface area (Å²) in [7, 11) is 0. The Kier molecular flexibility index (Phi) is 5.48. The first kappa shape index (κ1) is 13.9. The second-order valence-corrected chi connectivity index (χ2v) is 6.05. The van der Waals surface area contributed by atoms with E-state index in [9.17, 15) is 4.79 Å². The van der Waals surface area contributed by atoms with Crippen molar-refractivity contribution in [3.8, 4) is 0 Å². The summed E-state index contributed by atoms with van der Waals surface area (Å²) in [6.45, 7) is 3.19. The highest BCUT2D eigenvalue weighted by Gasteiger charge is 2.25. The van der Waals surface area contributed by atoms with Crippen molar-refractivity contribution < 1.29 is 4.79 Å². The Balaban J connectivity index is 1.77. The van der Waals surface area contributed by atoms with E-state index in [2.05, 4.69) is 17.6 Å². The summed E-state index contributed by atoms with van der Waals surface area (Å²) in [6.07, 6.45) is 11.4. The first-order valence-corrected chi connectivity index (χ1v) is 7.81. The van der Waals surface area contributed by atoms with E-state index < -0.39 is 0 Å². The number of nitrogens with one attached hydrogen (secondary N) is 2. The highest BCUT2D eigenvalue weighted by Crippen LogP contribution is 2.25. The smallest absolute Gasteiger partial charge is 0.237 e. The lowest BCUT2D eigenvalue weighted by atomic mass is 9.92. The molecule has 104 valence electrons. The summed E-state index contributed by atoms with van der Waals surface area (Å²) < 4.78 is 0. The van der Waals surface area contributed by atoms with Crippen molar-refractivity contribution in [2.24, 2.45) is 5.92 Å².